The highest BCUT2D eigenvalue weighted by Crippen LogP contribution is 2.31. The number of nitrogens with zero attached hydrogens (tertiary/aromatic N) is 1. The number of sulfonamides is 1. The Balaban J connectivity index is 2.15. The van der Waals surface area contributed by atoms with E-state index in [1.807, 2.05) is 6.92 Å². The van der Waals surface area contributed by atoms with Crippen LogP contribution in [0.25, 0.3) is 0 Å². The third-order valence-corrected chi connectivity index (χ3v) is 4.67. The van der Waals surface area contributed by atoms with Crippen molar-refractivity contribution in [1.82, 2.24) is 4.98 Å². The summed E-state index contributed by atoms with van der Waals surface area (Å²) in [6.45, 7) is 1.81. The van der Waals surface area contributed by atoms with Gasteiger partial charge in [0.2, 0.25) is 10.0 Å². The van der Waals surface area contributed by atoms with Crippen molar-refractivity contribution in [3.63, 3.8) is 0 Å². The number of hydrogen-bond acceptors (Lipinski definition) is 6. The van der Waals surface area contributed by atoms with Gasteiger partial charge >= 0.3 is 0 Å². The summed E-state index contributed by atoms with van der Waals surface area (Å²) < 4.78 is 36.5. The Hall–Kier alpha value is -2.48. The fourth-order valence-corrected chi connectivity index (χ4v) is 3.20. The summed E-state index contributed by atoms with van der Waals surface area (Å²) in [7, 11) is -0.163. The van der Waals surface area contributed by atoms with Crippen molar-refractivity contribution in [2.45, 2.75) is 13.3 Å². The standard InChI is InChI=1S/C16H21N3O4S/c1-4-9-24(20,21)19-12-5-8-16(17-11-12)18-14-10-13(22-2)6-7-15(14)23-3/h5-8,10-11,19H,4,9H2,1-3H3,(H,17,18). The van der Waals surface area contributed by atoms with Crippen LogP contribution in [0.15, 0.2) is 36.5 Å². The molecule has 0 spiro atoms. The summed E-state index contributed by atoms with van der Waals surface area (Å²) in [4.78, 5) is 4.21. The number of pyridine rings is 1. The van der Waals surface area contributed by atoms with E-state index in [1.54, 1.807) is 44.6 Å². The van der Waals surface area contributed by atoms with Gasteiger partial charge in [-0.15, -0.1) is 0 Å². The van der Waals surface area contributed by atoms with E-state index >= 15 is 0 Å². The number of ether oxygens (including phenoxy) is 2. The lowest BCUT2D eigenvalue weighted by molar-refractivity contribution is 0.405. The van der Waals surface area contributed by atoms with Crippen LogP contribution in [0.1, 0.15) is 13.3 Å². The van der Waals surface area contributed by atoms with E-state index in [0.29, 0.717) is 35.1 Å². The van der Waals surface area contributed by atoms with Gasteiger partial charge in [-0.1, -0.05) is 6.92 Å². The molecule has 0 aliphatic rings. The molecule has 1 aromatic carbocycles. The van der Waals surface area contributed by atoms with Crippen LogP contribution in [0.4, 0.5) is 17.2 Å². The molecule has 1 heterocycles. The van der Waals surface area contributed by atoms with Gasteiger partial charge in [0.1, 0.15) is 17.3 Å². The number of benzene rings is 1. The molecule has 0 saturated heterocycles. The molecule has 0 aliphatic heterocycles. The van der Waals surface area contributed by atoms with Crippen molar-refractivity contribution < 1.29 is 17.9 Å². The molecule has 130 valence electrons. The minimum absolute atomic E-state index is 0.0774. The molecule has 0 saturated carbocycles. The second-order valence-corrected chi connectivity index (χ2v) is 6.89. The first-order valence-corrected chi connectivity index (χ1v) is 9.08. The topological polar surface area (TPSA) is 89.6 Å². The molecule has 24 heavy (non-hydrogen) atoms. The van der Waals surface area contributed by atoms with Gasteiger partial charge in [-0.05, 0) is 30.7 Å². The number of aromatic nitrogens is 1. The van der Waals surface area contributed by atoms with Crippen molar-refractivity contribution >= 4 is 27.2 Å². The maximum Gasteiger partial charge on any atom is 0.232 e. The van der Waals surface area contributed by atoms with E-state index < -0.39 is 10.0 Å². The second-order valence-electron chi connectivity index (χ2n) is 5.04. The molecular formula is C16H21N3O4S. The number of hydrogen-bond donors (Lipinski definition) is 2. The zero-order valence-corrected chi connectivity index (χ0v) is 14.7. The zero-order chi connectivity index (χ0) is 17.6. The first-order valence-electron chi connectivity index (χ1n) is 7.43. The van der Waals surface area contributed by atoms with Crippen molar-refractivity contribution in [2.75, 3.05) is 30.0 Å². The lowest BCUT2D eigenvalue weighted by Gasteiger charge is -2.12. The molecule has 2 N–H and O–H groups in total. The van der Waals surface area contributed by atoms with Crippen LogP contribution in [-0.4, -0.2) is 33.4 Å². The largest absolute Gasteiger partial charge is 0.497 e. The van der Waals surface area contributed by atoms with Crippen LogP contribution in [-0.2, 0) is 10.0 Å². The maximum absolute atomic E-state index is 11.7. The fraction of sp³-hybridized carbons (Fsp3) is 0.312. The van der Waals surface area contributed by atoms with Crippen LogP contribution < -0.4 is 19.5 Å². The van der Waals surface area contributed by atoms with Gasteiger partial charge in [0.05, 0.1) is 37.5 Å². The zero-order valence-electron chi connectivity index (χ0n) is 13.9. The normalized spacial score (nSPS) is 11.0. The minimum Gasteiger partial charge on any atom is -0.497 e. The van der Waals surface area contributed by atoms with Crippen LogP contribution >= 0.6 is 0 Å². The Labute approximate surface area is 142 Å². The van der Waals surface area contributed by atoms with Gasteiger partial charge in [-0.3, -0.25) is 4.72 Å². The lowest BCUT2D eigenvalue weighted by Crippen LogP contribution is -2.16. The molecule has 0 radical (unpaired) electrons. The van der Waals surface area contributed by atoms with E-state index in [4.69, 9.17) is 9.47 Å². The second kappa shape index (κ2) is 7.87. The molecule has 0 fully saturated rings. The van der Waals surface area contributed by atoms with Gasteiger partial charge in [0, 0.05) is 6.07 Å². The highest BCUT2D eigenvalue weighted by Gasteiger charge is 2.10. The van der Waals surface area contributed by atoms with Gasteiger partial charge in [0.25, 0.3) is 0 Å². The molecule has 0 atom stereocenters. The average molecular weight is 351 g/mol. The molecule has 7 nitrogen and oxygen atoms in total. The first-order chi connectivity index (χ1) is 11.5. The average Bonchev–Trinajstić information content (AvgIpc) is 2.56. The highest BCUT2D eigenvalue weighted by molar-refractivity contribution is 7.92. The van der Waals surface area contributed by atoms with Crippen molar-refractivity contribution in [1.29, 1.82) is 0 Å². The predicted octanol–water partition coefficient (Wildman–Crippen LogP) is 2.99. The molecular weight excluding hydrogens is 330 g/mol. The molecule has 0 amide bonds. The van der Waals surface area contributed by atoms with Crippen molar-refractivity contribution in [3.8, 4) is 11.5 Å². The SMILES string of the molecule is CCCS(=O)(=O)Nc1ccc(Nc2cc(OC)ccc2OC)nc1. The Morgan fingerprint density at radius 3 is 2.50 bits per heavy atom. The van der Waals surface area contributed by atoms with Gasteiger partial charge < -0.3 is 14.8 Å². The van der Waals surface area contributed by atoms with Crippen LogP contribution in [0.2, 0.25) is 0 Å². The van der Waals surface area contributed by atoms with Gasteiger partial charge in [-0.2, -0.15) is 0 Å². The molecule has 2 aromatic rings. The number of nitrogens with one attached hydrogen (secondary N) is 2. The van der Waals surface area contributed by atoms with Crippen LogP contribution in [0.3, 0.4) is 0 Å². The van der Waals surface area contributed by atoms with Crippen LogP contribution in [0.5, 0.6) is 11.5 Å². The molecule has 0 unspecified atom stereocenters. The predicted molar refractivity (Wildman–Crippen MR) is 94.8 cm³/mol. The monoisotopic (exact) mass is 351 g/mol. The summed E-state index contributed by atoms with van der Waals surface area (Å²) in [6, 6.07) is 8.70. The van der Waals surface area contributed by atoms with Gasteiger partial charge in [0.15, 0.2) is 0 Å². The Kier molecular flexibility index (Phi) is 5.86. The Morgan fingerprint density at radius 1 is 1.12 bits per heavy atom. The highest BCUT2D eigenvalue weighted by atomic mass is 32.2. The van der Waals surface area contributed by atoms with E-state index in [-0.39, 0.29) is 5.75 Å². The summed E-state index contributed by atoms with van der Waals surface area (Å²) in [6.07, 6.45) is 2.01. The molecule has 8 heteroatoms. The smallest absolute Gasteiger partial charge is 0.232 e. The molecule has 2 rings (SSSR count). The summed E-state index contributed by atoms with van der Waals surface area (Å²) in [5.41, 5.74) is 1.12. The molecule has 0 aliphatic carbocycles. The third-order valence-electron chi connectivity index (χ3n) is 3.18. The van der Waals surface area contributed by atoms with E-state index in [2.05, 4.69) is 15.0 Å². The minimum atomic E-state index is -3.32. The number of methoxy groups -OCH3 is 2. The van der Waals surface area contributed by atoms with Gasteiger partial charge in [-0.25, -0.2) is 13.4 Å². The fourth-order valence-electron chi connectivity index (χ4n) is 2.08. The van der Waals surface area contributed by atoms with Crippen molar-refractivity contribution in [3.05, 3.63) is 36.5 Å². The van der Waals surface area contributed by atoms with E-state index in [0.717, 1.165) is 0 Å². The summed E-state index contributed by atoms with van der Waals surface area (Å²) >= 11 is 0. The maximum atomic E-state index is 11.7. The number of rotatable bonds is 8. The number of anilines is 3. The Morgan fingerprint density at radius 2 is 1.92 bits per heavy atom. The van der Waals surface area contributed by atoms with Crippen LogP contribution in [0, 0.1) is 0 Å². The van der Waals surface area contributed by atoms with E-state index in [1.165, 1.54) is 6.20 Å². The molecule has 0 bridgehead atoms. The third kappa shape index (κ3) is 4.76. The molecule has 1 aromatic heterocycles. The lowest BCUT2D eigenvalue weighted by atomic mass is 10.2. The van der Waals surface area contributed by atoms with E-state index in [9.17, 15) is 8.42 Å². The summed E-state index contributed by atoms with van der Waals surface area (Å²) in [5, 5.41) is 3.12. The van der Waals surface area contributed by atoms with Crippen molar-refractivity contribution in [2.24, 2.45) is 0 Å². The summed E-state index contributed by atoms with van der Waals surface area (Å²) in [5.74, 6) is 1.96. The first kappa shape index (κ1) is 17.9. The Bertz CT molecular complexity index is 776. The quantitative estimate of drug-likeness (QED) is 0.760.